The van der Waals surface area contributed by atoms with Crippen LogP contribution >= 0.6 is 15.2 Å². The maximum atomic E-state index is 13.0. The van der Waals surface area contributed by atoms with Crippen LogP contribution in [0.5, 0.6) is 0 Å². The molecule has 8 nitrogen and oxygen atoms in total. The quantitative estimate of drug-likeness (QED) is 0.367. The molecule has 1 atom stereocenters. The van der Waals surface area contributed by atoms with E-state index in [4.69, 9.17) is 22.8 Å². The number of carbonyl (C=O) groups is 1. The SMILES string of the molecule is CCOP(=O)(OCC)C(CP(=O)(OC(C)C)OC(C)C)C(=O)OC. The maximum absolute atomic E-state index is 13.0. The summed E-state index contributed by atoms with van der Waals surface area (Å²) in [6, 6.07) is 0. The van der Waals surface area contributed by atoms with Crippen molar-refractivity contribution in [1.82, 2.24) is 0 Å². The number of ether oxygens (including phenoxy) is 1. The molecule has 10 heteroatoms. The maximum Gasteiger partial charge on any atom is 0.345 e. The highest BCUT2D eigenvalue weighted by Gasteiger charge is 2.48. The van der Waals surface area contributed by atoms with Crippen LogP contribution in [0.25, 0.3) is 0 Å². The van der Waals surface area contributed by atoms with Crippen molar-refractivity contribution in [2.45, 2.75) is 59.4 Å². The van der Waals surface area contributed by atoms with Crippen molar-refractivity contribution >= 4 is 21.2 Å². The second-order valence-corrected chi connectivity index (χ2v) is 9.74. The molecule has 0 aliphatic rings. The number of methoxy groups -OCH3 is 1. The van der Waals surface area contributed by atoms with Crippen LogP contribution in [-0.4, -0.2) is 50.3 Å². The number of esters is 1. The van der Waals surface area contributed by atoms with E-state index in [0.29, 0.717) is 0 Å². The Morgan fingerprint density at radius 3 is 1.62 bits per heavy atom. The van der Waals surface area contributed by atoms with Crippen LogP contribution in [0.15, 0.2) is 0 Å². The average Bonchev–Trinajstić information content (AvgIpc) is 2.42. The largest absolute Gasteiger partial charge is 0.468 e. The number of hydrogen-bond acceptors (Lipinski definition) is 8. The molecule has 0 aliphatic heterocycles. The molecule has 0 aliphatic carbocycles. The van der Waals surface area contributed by atoms with Gasteiger partial charge in [-0.25, -0.2) is 0 Å². The molecule has 0 heterocycles. The molecule has 0 radical (unpaired) electrons. The molecular weight excluding hydrogens is 358 g/mol. The Kier molecular flexibility index (Phi) is 10.6. The molecule has 24 heavy (non-hydrogen) atoms. The summed E-state index contributed by atoms with van der Waals surface area (Å²) in [5.74, 6) is -0.847. The van der Waals surface area contributed by atoms with E-state index in [0.717, 1.165) is 7.11 Å². The summed E-state index contributed by atoms with van der Waals surface area (Å²) < 4.78 is 52.0. The van der Waals surface area contributed by atoms with Crippen molar-refractivity contribution in [2.24, 2.45) is 0 Å². The standard InChI is InChI=1S/C14H30O8P2/c1-8-19-24(17,20-9-2)13(14(15)18-7)10-23(16,21-11(3)4)22-12(5)6/h11-13H,8-10H2,1-7H3. The van der Waals surface area contributed by atoms with E-state index in [1.165, 1.54) is 0 Å². The summed E-state index contributed by atoms with van der Waals surface area (Å²) in [5, 5.41) is 0. The van der Waals surface area contributed by atoms with E-state index in [-0.39, 0.29) is 13.2 Å². The molecule has 0 saturated heterocycles. The second-order valence-electron chi connectivity index (χ2n) is 5.52. The van der Waals surface area contributed by atoms with E-state index < -0.39 is 45.2 Å². The lowest BCUT2D eigenvalue weighted by Crippen LogP contribution is -2.30. The molecule has 0 saturated carbocycles. The fourth-order valence-corrected chi connectivity index (χ4v) is 6.98. The van der Waals surface area contributed by atoms with Crippen molar-refractivity contribution in [3.05, 3.63) is 0 Å². The molecule has 144 valence electrons. The van der Waals surface area contributed by atoms with Crippen LogP contribution in [0, 0.1) is 0 Å². The van der Waals surface area contributed by atoms with Gasteiger partial charge in [-0.3, -0.25) is 13.9 Å². The topological polar surface area (TPSA) is 97.4 Å². The van der Waals surface area contributed by atoms with Crippen LogP contribution in [0.4, 0.5) is 0 Å². The summed E-state index contributed by atoms with van der Waals surface area (Å²) in [6.07, 6.45) is -1.27. The first-order valence-electron chi connectivity index (χ1n) is 7.96. The van der Waals surface area contributed by atoms with Crippen LogP contribution < -0.4 is 0 Å². The lowest BCUT2D eigenvalue weighted by Gasteiger charge is -2.29. The van der Waals surface area contributed by atoms with Crippen molar-refractivity contribution in [1.29, 1.82) is 0 Å². The summed E-state index contributed by atoms with van der Waals surface area (Å²) >= 11 is 0. The Morgan fingerprint density at radius 2 is 1.33 bits per heavy atom. The minimum absolute atomic E-state index is 0.0607. The molecule has 0 amide bonds. The van der Waals surface area contributed by atoms with E-state index in [1.807, 2.05) is 0 Å². The first kappa shape index (κ1) is 23.8. The van der Waals surface area contributed by atoms with E-state index in [9.17, 15) is 13.9 Å². The molecule has 0 rings (SSSR count). The van der Waals surface area contributed by atoms with Gasteiger partial charge in [0.2, 0.25) is 0 Å². The molecule has 0 N–H and O–H groups in total. The zero-order valence-corrected chi connectivity index (χ0v) is 17.3. The number of rotatable bonds is 12. The van der Waals surface area contributed by atoms with Gasteiger partial charge in [-0.2, -0.15) is 0 Å². The summed E-state index contributed by atoms with van der Waals surface area (Å²) in [4.78, 5) is 12.2. The van der Waals surface area contributed by atoms with Gasteiger partial charge >= 0.3 is 21.2 Å². The lowest BCUT2D eigenvalue weighted by atomic mass is 10.5. The zero-order valence-electron chi connectivity index (χ0n) is 15.5. The summed E-state index contributed by atoms with van der Waals surface area (Å²) in [6.45, 7) is 10.1. The van der Waals surface area contributed by atoms with Gasteiger partial charge in [0.15, 0.2) is 5.66 Å². The van der Waals surface area contributed by atoms with Crippen molar-refractivity contribution < 1.29 is 36.8 Å². The summed E-state index contributed by atoms with van der Waals surface area (Å²) in [5.41, 5.74) is -1.40. The molecule has 0 aromatic carbocycles. The van der Waals surface area contributed by atoms with Gasteiger partial charge in [-0.05, 0) is 41.5 Å². The van der Waals surface area contributed by atoms with Gasteiger partial charge < -0.3 is 22.8 Å². The second kappa shape index (κ2) is 10.7. The minimum atomic E-state index is -3.89. The Hall–Kier alpha value is -0.230. The van der Waals surface area contributed by atoms with E-state index >= 15 is 0 Å². The zero-order chi connectivity index (χ0) is 19.0. The number of hydrogen-bond donors (Lipinski definition) is 0. The highest BCUT2D eigenvalue weighted by molar-refractivity contribution is 7.59. The first-order valence-corrected chi connectivity index (χ1v) is 11.3. The normalized spacial score (nSPS) is 14.2. The molecule has 0 bridgehead atoms. The Labute approximate surface area is 144 Å². The van der Waals surface area contributed by atoms with Crippen molar-refractivity contribution in [2.75, 3.05) is 26.5 Å². The minimum Gasteiger partial charge on any atom is -0.468 e. The Morgan fingerprint density at radius 1 is 0.917 bits per heavy atom. The van der Waals surface area contributed by atoms with Gasteiger partial charge in [-0.1, -0.05) is 0 Å². The summed E-state index contributed by atoms with van der Waals surface area (Å²) in [7, 11) is -6.48. The highest BCUT2D eigenvalue weighted by atomic mass is 31.2. The van der Waals surface area contributed by atoms with Gasteiger partial charge in [0.05, 0.1) is 38.7 Å². The fraction of sp³-hybridized carbons (Fsp3) is 0.929. The Balaban J connectivity index is 5.75. The third kappa shape index (κ3) is 7.77. The van der Waals surface area contributed by atoms with Gasteiger partial charge in [-0.15, -0.1) is 0 Å². The van der Waals surface area contributed by atoms with Crippen LogP contribution in [0.2, 0.25) is 0 Å². The molecule has 0 aromatic heterocycles. The van der Waals surface area contributed by atoms with Gasteiger partial charge in [0, 0.05) is 0 Å². The molecule has 0 aromatic rings. The van der Waals surface area contributed by atoms with Crippen LogP contribution in [0.1, 0.15) is 41.5 Å². The highest BCUT2D eigenvalue weighted by Crippen LogP contribution is 2.61. The molecule has 0 fully saturated rings. The monoisotopic (exact) mass is 388 g/mol. The average molecular weight is 388 g/mol. The first-order chi connectivity index (χ1) is 11.0. The number of carbonyl (C=O) groups excluding carboxylic acids is 1. The fourth-order valence-electron chi connectivity index (χ4n) is 1.98. The molecular formula is C14H30O8P2. The van der Waals surface area contributed by atoms with Crippen molar-refractivity contribution in [3.8, 4) is 0 Å². The van der Waals surface area contributed by atoms with Gasteiger partial charge in [0.1, 0.15) is 0 Å². The predicted octanol–water partition coefficient (Wildman–Crippen LogP) is 3.84. The van der Waals surface area contributed by atoms with Crippen LogP contribution in [0.3, 0.4) is 0 Å². The molecule has 1 unspecified atom stereocenters. The van der Waals surface area contributed by atoms with Crippen LogP contribution in [-0.2, 0) is 36.8 Å². The lowest BCUT2D eigenvalue weighted by molar-refractivity contribution is -0.140. The van der Waals surface area contributed by atoms with Gasteiger partial charge in [0.25, 0.3) is 0 Å². The smallest absolute Gasteiger partial charge is 0.345 e. The Bertz CT molecular complexity index is 453. The van der Waals surface area contributed by atoms with E-state index in [1.54, 1.807) is 41.5 Å². The third-order valence-corrected chi connectivity index (χ3v) is 7.59. The van der Waals surface area contributed by atoms with E-state index in [2.05, 4.69) is 0 Å². The third-order valence-electron chi connectivity index (χ3n) is 2.61. The van der Waals surface area contributed by atoms with Crippen molar-refractivity contribution in [3.63, 3.8) is 0 Å². The predicted molar refractivity (Wildman–Crippen MR) is 91.6 cm³/mol. The molecule has 0 spiro atoms.